The maximum absolute atomic E-state index is 11.1. The van der Waals surface area contributed by atoms with Crippen molar-refractivity contribution in [2.45, 2.75) is 19.4 Å². The van der Waals surface area contributed by atoms with Crippen LogP contribution in [0.2, 0.25) is 0 Å². The summed E-state index contributed by atoms with van der Waals surface area (Å²) in [6, 6.07) is 19.5. The van der Waals surface area contributed by atoms with Gasteiger partial charge in [-0.25, -0.2) is 0 Å². The first kappa shape index (κ1) is 24.8. The molecule has 160 valence electrons. The van der Waals surface area contributed by atoms with Crippen LogP contribution in [0.4, 0.5) is 0 Å². The van der Waals surface area contributed by atoms with Gasteiger partial charge in [0.1, 0.15) is 18.5 Å². The molecule has 0 aromatic heterocycles. The van der Waals surface area contributed by atoms with Crippen molar-refractivity contribution in [2.75, 3.05) is 25.8 Å². The van der Waals surface area contributed by atoms with Gasteiger partial charge in [-0.3, -0.25) is 0 Å². The number of ether oxygens (including phenoxy) is 3. The van der Waals surface area contributed by atoms with Gasteiger partial charge in [0, 0.05) is 0 Å². The van der Waals surface area contributed by atoms with E-state index in [0.29, 0.717) is 12.4 Å². The molecule has 2 N–H and O–H groups in total. The van der Waals surface area contributed by atoms with Gasteiger partial charge >= 0.3 is 10.1 Å². The molecule has 0 amide bonds. The van der Waals surface area contributed by atoms with Crippen molar-refractivity contribution in [1.29, 1.82) is 0 Å². The molecular weight excluding hydrogens is 394 g/mol. The van der Waals surface area contributed by atoms with Crippen LogP contribution in [0.15, 0.2) is 73.3 Å². The van der Waals surface area contributed by atoms with Crippen LogP contribution in [0.25, 0.3) is 0 Å². The first-order valence-corrected chi connectivity index (χ1v) is 10.7. The lowest BCUT2D eigenvalue weighted by Crippen LogP contribution is -2.30. The van der Waals surface area contributed by atoms with Crippen LogP contribution in [0, 0.1) is 0 Å². The molecule has 0 radical (unpaired) electrons. The van der Waals surface area contributed by atoms with Gasteiger partial charge in [-0.05, 0) is 24.1 Å². The van der Waals surface area contributed by atoms with E-state index in [4.69, 9.17) is 14.2 Å². The minimum absolute atomic E-state index is 0.126. The average molecular weight is 424 g/mol. The largest absolute Gasteiger partial charge is 0.491 e. The molecule has 0 heterocycles. The summed E-state index contributed by atoms with van der Waals surface area (Å²) in [4.78, 5) is 0. The van der Waals surface area contributed by atoms with Crippen LogP contribution in [-0.4, -0.2) is 40.3 Å². The summed E-state index contributed by atoms with van der Waals surface area (Å²) < 4.78 is 42.0. The molecule has 1 atom stereocenters. The number of rotatable bonds is 12. The fourth-order valence-corrected chi connectivity index (χ4v) is 2.47. The van der Waals surface area contributed by atoms with E-state index in [9.17, 15) is 8.42 Å². The third-order valence-electron chi connectivity index (χ3n) is 3.56. The Balaban J connectivity index is 0.000000436. The Morgan fingerprint density at radius 3 is 2.17 bits per heavy atom. The fraction of sp³-hybridized carbons (Fsp3) is 0.333. The van der Waals surface area contributed by atoms with E-state index in [2.05, 4.69) is 47.9 Å². The highest BCUT2D eigenvalue weighted by atomic mass is 32.2. The number of para-hydroxylation sites is 1. The number of benzene rings is 2. The van der Waals surface area contributed by atoms with Crippen LogP contribution in [0.3, 0.4) is 0 Å². The van der Waals surface area contributed by atoms with E-state index < -0.39 is 22.2 Å². The monoisotopic (exact) mass is 423 g/mol. The van der Waals surface area contributed by atoms with Gasteiger partial charge in [0.05, 0.1) is 13.2 Å². The first-order chi connectivity index (χ1) is 14.0. The Kier molecular flexibility index (Phi) is 12.6. The first-order valence-electron chi connectivity index (χ1n) is 9.13. The van der Waals surface area contributed by atoms with Crippen molar-refractivity contribution in [3.05, 3.63) is 78.9 Å². The molecule has 0 saturated heterocycles. The molecule has 0 aliphatic carbocycles. The third kappa shape index (κ3) is 12.0. The van der Waals surface area contributed by atoms with Crippen molar-refractivity contribution in [1.82, 2.24) is 0 Å². The SMILES string of the molecule is C=CCOCC(COc1ccccc1)OCS(=O)(=O)ON.CCc1ccccc1. The molecule has 0 bridgehead atoms. The van der Waals surface area contributed by atoms with E-state index in [1.807, 2.05) is 24.3 Å². The summed E-state index contributed by atoms with van der Waals surface area (Å²) in [7, 11) is -3.90. The number of nitrogens with two attached hydrogens (primary N) is 1. The van der Waals surface area contributed by atoms with Gasteiger partial charge in [0.15, 0.2) is 5.94 Å². The maximum atomic E-state index is 11.1. The summed E-state index contributed by atoms with van der Waals surface area (Å²) in [6.07, 6.45) is 2.13. The van der Waals surface area contributed by atoms with E-state index in [0.717, 1.165) is 6.42 Å². The highest BCUT2D eigenvalue weighted by molar-refractivity contribution is 7.86. The van der Waals surface area contributed by atoms with Gasteiger partial charge in [-0.15, -0.1) is 6.58 Å². The molecule has 0 saturated carbocycles. The Morgan fingerprint density at radius 2 is 1.66 bits per heavy atom. The standard InChI is InChI=1S/C13H19NO6S.C8H10/c1-2-8-17-9-13(19-11-21(15,16)20-14)10-18-12-6-4-3-5-7-12;1-2-8-6-4-3-5-7-8/h2-7,13H,1,8-11,14H2;3-7H,2H2,1H3. The van der Waals surface area contributed by atoms with Gasteiger partial charge in [0.25, 0.3) is 0 Å². The zero-order valence-corrected chi connectivity index (χ0v) is 17.4. The van der Waals surface area contributed by atoms with Crippen LogP contribution < -0.4 is 10.6 Å². The fourth-order valence-electron chi connectivity index (χ4n) is 2.05. The molecule has 1 unspecified atom stereocenters. The molecule has 2 aromatic rings. The second-order valence-corrected chi connectivity index (χ2v) is 7.39. The lowest BCUT2D eigenvalue weighted by Gasteiger charge is -2.18. The molecule has 0 aliphatic rings. The molecule has 2 aromatic carbocycles. The topological polar surface area (TPSA) is 97.1 Å². The molecule has 29 heavy (non-hydrogen) atoms. The Labute approximate surface area is 173 Å². The van der Waals surface area contributed by atoms with Crippen molar-refractivity contribution in [3.63, 3.8) is 0 Å². The highest BCUT2D eigenvalue weighted by Crippen LogP contribution is 2.10. The smallest absolute Gasteiger partial charge is 0.307 e. The predicted octanol–water partition coefficient (Wildman–Crippen LogP) is 3.08. The zero-order valence-electron chi connectivity index (χ0n) is 16.6. The molecule has 2 rings (SSSR count). The van der Waals surface area contributed by atoms with Crippen LogP contribution in [0.5, 0.6) is 5.75 Å². The second kappa shape index (κ2) is 14.7. The van der Waals surface area contributed by atoms with Gasteiger partial charge in [-0.2, -0.15) is 18.6 Å². The van der Waals surface area contributed by atoms with E-state index in [1.54, 1.807) is 18.2 Å². The highest BCUT2D eigenvalue weighted by Gasteiger charge is 2.17. The van der Waals surface area contributed by atoms with E-state index in [-0.39, 0.29) is 13.2 Å². The zero-order chi connectivity index (χ0) is 21.4. The molecule has 0 aliphatic heterocycles. The maximum Gasteiger partial charge on any atom is 0.307 e. The van der Waals surface area contributed by atoms with Gasteiger partial charge in [-0.1, -0.05) is 61.5 Å². The van der Waals surface area contributed by atoms with Gasteiger partial charge < -0.3 is 14.2 Å². The molecular formula is C21H29NO6S. The van der Waals surface area contributed by atoms with Crippen LogP contribution in [-0.2, 0) is 30.3 Å². The molecule has 0 fully saturated rings. The van der Waals surface area contributed by atoms with Crippen molar-refractivity contribution < 1.29 is 26.9 Å². The molecule has 0 spiro atoms. The second-order valence-electron chi connectivity index (χ2n) is 5.85. The van der Waals surface area contributed by atoms with E-state index in [1.165, 1.54) is 5.56 Å². The van der Waals surface area contributed by atoms with E-state index >= 15 is 0 Å². The third-order valence-corrected chi connectivity index (χ3v) is 4.28. The number of hydrogen-bond donors (Lipinski definition) is 1. The average Bonchev–Trinajstić information content (AvgIpc) is 2.77. The summed E-state index contributed by atoms with van der Waals surface area (Å²) in [5.41, 5.74) is 1.41. The summed E-state index contributed by atoms with van der Waals surface area (Å²) in [6.45, 7) is 6.28. The minimum atomic E-state index is -3.90. The number of aryl methyl sites for hydroxylation is 1. The Bertz CT molecular complexity index is 768. The number of hydrogen-bond acceptors (Lipinski definition) is 7. The van der Waals surface area contributed by atoms with Crippen molar-refractivity contribution in [2.24, 2.45) is 5.90 Å². The predicted molar refractivity (Wildman–Crippen MR) is 113 cm³/mol. The Morgan fingerprint density at radius 1 is 1.03 bits per heavy atom. The quantitative estimate of drug-likeness (QED) is 0.318. The lowest BCUT2D eigenvalue weighted by molar-refractivity contribution is -0.0172. The normalized spacial score (nSPS) is 11.8. The van der Waals surface area contributed by atoms with Crippen LogP contribution in [0.1, 0.15) is 12.5 Å². The molecule has 7 nitrogen and oxygen atoms in total. The minimum Gasteiger partial charge on any atom is -0.491 e. The summed E-state index contributed by atoms with van der Waals surface area (Å²) in [5.74, 6) is 4.60. The summed E-state index contributed by atoms with van der Waals surface area (Å²) in [5, 5.41) is 0. The van der Waals surface area contributed by atoms with Gasteiger partial charge in [0.2, 0.25) is 0 Å². The summed E-state index contributed by atoms with van der Waals surface area (Å²) >= 11 is 0. The van der Waals surface area contributed by atoms with Crippen molar-refractivity contribution in [3.8, 4) is 5.75 Å². The Hall–Kier alpha value is -2.23. The molecule has 8 heteroatoms. The van der Waals surface area contributed by atoms with Crippen LogP contribution >= 0.6 is 0 Å². The lowest BCUT2D eigenvalue weighted by atomic mass is 10.2. The van der Waals surface area contributed by atoms with Crippen molar-refractivity contribution >= 4 is 10.1 Å².